The summed E-state index contributed by atoms with van der Waals surface area (Å²) < 4.78 is 8.26. The Morgan fingerprint density at radius 3 is 2.75 bits per heavy atom. The second-order valence-electron chi connectivity index (χ2n) is 5.53. The summed E-state index contributed by atoms with van der Waals surface area (Å²) in [5.41, 5.74) is 1.38. The second kappa shape index (κ2) is 4.40. The van der Waals surface area contributed by atoms with Crippen LogP contribution in [0.5, 0.6) is 5.75 Å². The van der Waals surface area contributed by atoms with E-state index in [2.05, 4.69) is 4.57 Å². The van der Waals surface area contributed by atoms with Crippen molar-refractivity contribution in [3.05, 3.63) is 48.3 Å². The highest BCUT2D eigenvalue weighted by atomic mass is 16.5. The fraction of sp³-hybridized carbons (Fsp3) is 0.312. The van der Waals surface area contributed by atoms with E-state index >= 15 is 0 Å². The first kappa shape index (κ1) is 12.8. The molecule has 1 unspecified atom stereocenters. The molecule has 1 atom stereocenters. The fourth-order valence-electron chi connectivity index (χ4n) is 2.63. The third-order valence-electron chi connectivity index (χ3n) is 3.74. The number of benzene rings is 1. The van der Waals surface area contributed by atoms with Gasteiger partial charge >= 0.3 is 0 Å². The lowest BCUT2D eigenvalue weighted by Crippen LogP contribution is -2.40. The summed E-state index contributed by atoms with van der Waals surface area (Å²) in [5.74, 6) is 0.866. The predicted molar refractivity (Wildman–Crippen MR) is 77.1 cm³/mol. The van der Waals surface area contributed by atoms with E-state index in [4.69, 9.17) is 4.74 Å². The Labute approximate surface area is 118 Å². The summed E-state index contributed by atoms with van der Waals surface area (Å²) in [6.45, 7) is 1.97. The van der Waals surface area contributed by atoms with Crippen LogP contribution >= 0.6 is 0 Å². The van der Waals surface area contributed by atoms with Crippen molar-refractivity contribution in [2.24, 2.45) is 0 Å². The van der Waals surface area contributed by atoms with Gasteiger partial charge in [-0.1, -0.05) is 12.1 Å². The van der Waals surface area contributed by atoms with Crippen LogP contribution in [-0.2, 0) is 10.4 Å². The summed E-state index contributed by atoms with van der Waals surface area (Å²) >= 11 is 0. The molecule has 0 N–H and O–H groups in total. The Morgan fingerprint density at radius 2 is 2.00 bits per heavy atom. The van der Waals surface area contributed by atoms with Gasteiger partial charge in [0.25, 0.3) is 0 Å². The standard InChI is InChI=1S/C16H18N2O2/c1-16(11-15(19)17(2)3)14-9-6-10-18(14)12-7-4-5-8-13(12)20-16/h4-10H,11H2,1-3H3. The zero-order chi connectivity index (χ0) is 14.3. The smallest absolute Gasteiger partial charge is 0.226 e. The van der Waals surface area contributed by atoms with Crippen molar-refractivity contribution in [2.75, 3.05) is 14.1 Å². The Balaban J connectivity index is 2.06. The molecule has 4 heteroatoms. The number of rotatable bonds is 2. The first-order valence-corrected chi connectivity index (χ1v) is 6.68. The van der Waals surface area contributed by atoms with Gasteiger partial charge in [0.05, 0.1) is 17.8 Å². The molecule has 1 aromatic carbocycles. The molecule has 3 rings (SSSR count). The third-order valence-corrected chi connectivity index (χ3v) is 3.74. The average molecular weight is 270 g/mol. The topological polar surface area (TPSA) is 34.5 Å². The molecule has 2 aromatic rings. The number of para-hydroxylation sites is 2. The molecular formula is C16H18N2O2. The number of hydrogen-bond donors (Lipinski definition) is 0. The number of carbonyl (C=O) groups excluding carboxylic acids is 1. The summed E-state index contributed by atoms with van der Waals surface area (Å²) in [6.07, 6.45) is 2.33. The lowest BCUT2D eigenvalue weighted by Gasteiger charge is -2.37. The van der Waals surface area contributed by atoms with Crippen molar-refractivity contribution >= 4 is 5.91 Å². The van der Waals surface area contributed by atoms with Gasteiger partial charge in [-0.15, -0.1) is 0 Å². The maximum Gasteiger partial charge on any atom is 0.226 e. The van der Waals surface area contributed by atoms with E-state index in [1.54, 1.807) is 19.0 Å². The van der Waals surface area contributed by atoms with Gasteiger partial charge in [-0.25, -0.2) is 0 Å². The van der Waals surface area contributed by atoms with Gasteiger partial charge in [0.1, 0.15) is 5.75 Å². The molecule has 0 radical (unpaired) electrons. The summed E-state index contributed by atoms with van der Waals surface area (Å²) in [7, 11) is 3.53. The van der Waals surface area contributed by atoms with Gasteiger partial charge < -0.3 is 14.2 Å². The molecule has 1 amide bonds. The highest BCUT2D eigenvalue weighted by Crippen LogP contribution is 2.41. The SMILES string of the molecule is CN(C)C(=O)CC1(C)Oc2ccccc2-n2cccc21. The van der Waals surface area contributed by atoms with E-state index in [-0.39, 0.29) is 5.91 Å². The lowest BCUT2D eigenvalue weighted by atomic mass is 9.95. The molecule has 0 bridgehead atoms. The van der Waals surface area contributed by atoms with Crippen LogP contribution in [0.15, 0.2) is 42.6 Å². The first-order valence-electron chi connectivity index (χ1n) is 6.68. The molecule has 104 valence electrons. The van der Waals surface area contributed by atoms with E-state index in [9.17, 15) is 4.79 Å². The number of fused-ring (bicyclic) bond motifs is 3. The predicted octanol–water partition coefficient (Wildman–Crippen LogP) is 2.56. The molecule has 0 saturated heterocycles. The Morgan fingerprint density at radius 1 is 1.25 bits per heavy atom. The van der Waals surface area contributed by atoms with Crippen molar-refractivity contribution < 1.29 is 9.53 Å². The van der Waals surface area contributed by atoms with Crippen molar-refractivity contribution in [3.63, 3.8) is 0 Å². The van der Waals surface area contributed by atoms with Gasteiger partial charge in [-0.3, -0.25) is 4.79 Å². The van der Waals surface area contributed by atoms with Crippen LogP contribution in [0.4, 0.5) is 0 Å². The van der Waals surface area contributed by atoms with Crippen molar-refractivity contribution in [2.45, 2.75) is 18.9 Å². The van der Waals surface area contributed by atoms with E-state index in [0.29, 0.717) is 6.42 Å². The highest BCUT2D eigenvalue weighted by Gasteiger charge is 2.39. The van der Waals surface area contributed by atoms with Crippen LogP contribution in [0.2, 0.25) is 0 Å². The minimum absolute atomic E-state index is 0.0552. The average Bonchev–Trinajstić information content (AvgIpc) is 2.89. The molecular weight excluding hydrogens is 252 g/mol. The molecule has 0 aliphatic carbocycles. The fourth-order valence-corrected chi connectivity index (χ4v) is 2.63. The number of hydrogen-bond acceptors (Lipinski definition) is 2. The van der Waals surface area contributed by atoms with Gasteiger partial charge in [-0.05, 0) is 31.2 Å². The van der Waals surface area contributed by atoms with Crippen LogP contribution in [0.3, 0.4) is 0 Å². The number of carbonyl (C=O) groups is 1. The quantitative estimate of drug-likeness (QED) is 0.840. The molecule has 2 heterocycles. The zero-order valence-electron chi connectivity index (χ0n) is 12.0. The summed E-state index contributed by atoms with van der Waals surface area (Å²) in [4.78, 5) is 13.7. The molecule has 1 aliphatic heterocycles. The van der Waals surface area contributed by atoms with E-state index in [1.807, 2.05) is 49.5 Å². The van der Waals surface area contributed by atoms with Gasteiger partial charge in [0.2, 0.25) is 5.91 Å². The number of amides is 1. The normalized spacial score (nSPS) is 19.8. The monoisotopic (exact) mass is 270 g/mol. The van der Waals surface area contributed by atoms with Gasteiger partial charge in [-0.2, -0.15) is 0 Å². The molecule has 0 fully saturated rings. The molecule has 1 aliphatic rings. The van der Waals surface area contributed by atoms with E-state index in [0.717, 1.165) is 17.1 Å². The van der Waals surface area contributed by atoms with Crippen LogP contribution in [0.1, 0.15) is 19.0 Å². The highest BCUT2D eigenvalue weighted by molar-refractivity contribution is 5.77. The minimum atomic E-state index is -0.640. The van der Waals surface area contributed by atoms with Crippen molar-refractivity contribution in [1.29, 1.82) is 0 Å². The van der Waals surface area contributed by atoms with E-state index in [1.165, 1.54) is 0 Å². The summed E-state index contributed by atoms with van der Waals surface area (Å²) in [5, 5.41) is 0. The van der Waals surface area contributed by atoms with E-state index < -0.39 is 5.60 Å². The molecule has 0 spiro atoms. The number of aromatic nitrogens is 1. The number of nitrogens with zero attached hydrogens (tertiary/aromatic N) is 2. The van der Waals surface area contributed by atoms with Crippen LogP contribution in [0, 0.1) is 0 Å². The van der Waals surface area contributed by atoms with Crippen molar-refractivity contribution in [3.8, 4) is 11.4 Å². The molecule has 4 nitrogen and oxygen atoms in total. The maximum absolute atomic E-state index is 12.1. The molecule has 1 aromatic heterocycles. The Hall–Kier alpha value is -2.23. The lowest BCUT2D eigenvalue weighted by molar-refractivity contribution is -0.133. The molecule has 20 heavy (non-hydrogen) atoms. The zero-order valence-corrected chi connectivity index (χ0v) is 12.0. The van der Waals surface area contributed by atoms with Gasteiger partial charge in [0.15, 0.2) is 5.60 Å². The van der Waals surface area contributed by atoms with Crippen molar-refractivity contribution in [1.82, 2.24) is 9.47 Å². The van der Waals surface area contributed by atoms with Crippen LogP contribution in [-0.4, -0.2) is 29.5 Å². The number of ether oxygens (including phenoxy) is 1. The largest absolute Gasteiger partial charge is 0.479 e. The second-order valence-corrected chi connectivity index (χ2v) is 5.53. The third kappa shape index (κ3) is 1.88. The Bertz CT molecular complexity index is 660. The minimum Gasteiger partial charge on any atom is -0.479 e. The van der Waals surface area contributed by atoms with Gasteiger partial charge in [0, 0.05) is 20.3 Å². The first-order chi connectivity index (χ1) is 9.51. The Kier molecular flexibility index (Phi) is 2.82. The summed E-state index contributed by atoms with van der Waals surface area (Å²) in [6, 6.07) is 11.9. The van der Waals surface area contributed by atoms with Crippen LogP contribution < -0.4 is 4.74 Å². The molecule has 0 saturated carbocycles. The maximum atomic E-state index is 12.1. The van der Waals surface area contributed by atoms with Crippen LogP contribution in [0.25, 0.3) is 5.69 Å².